The van der Waals surface area contributed by atoms with Crippen LogP contribution in [0.1, 0.15) is 36.5 Å². The van der Waals surface area contributed by atoms with Crippen LogP contribution >= 0.6 is 0 Å². The van der Waals surface area contributed by atoms with Gasteiger partial charge in [-0.15, -0.1) is 0 Å². The topological polar surface area (TPSA) is 81.7 Å². The molecular formula is C25H23NO5. The Labute approximate surface area is 179 Å². The highest BCUT2D eigenvalue weighted by molar-refractivity contribution is 5.89. The second kappa shape index (κ2) is 8.52. The van der Waals surface area contributed by atoms with Gasteiger partial charge in [0.15, 0.2) is 0 Å². The third-order valence-electron chi connectivity index (χ3n) is 5.09. The summed E-state index contributed by atoms with van der Waals surface area (Å²) in [5.74, 6) is 1.22. The molecule has 0 bridgehead atoms. The van der Waals surface area contributed by atoms with Gasteiger partial charge in [0.1, 0.15) is 18.0 Å². The van der Waals surface area contributed by atoms with Crippen molar-refractivity contribution < 1.29 is 18.4 Å². The first-order valence-electron chi connectivity index (χ1n) is 10.0. The number of ether oxygens (including phenoxy) is 1. The summed E-state index contributed by atoms with van der Waals surface area (Å²) in [6, 6.07) is 16.3. The fourth-order valence-corrected chi connectivity index (χ4v) is 3.28. The molecule has 6 heteroatoms. The number of amides is 1. The van der Waals surface area contributed by atoms with Crippen molar-refractivity contribution >= 4 is 22.7 Å². The normalized spacial score (nSPS) is 11.1. The first kappa shape index (κ1) is 20.5. The number of rotatable bonds is 5. The molecule has 0 aliphatic heterocycles. The van der Waals surface area contributed by atoms with Gasteiger partial charge in [0, 0.05) is 28.8 Å². The summed E-state index contributed by atoms with van der Waals surface area (Å²) in [5, 5.41) is 3.47. The number of anilines is 1. The smallest absolute Gasteiger partial charge is 0.411 e. The molecular weight excluding hydrogens is 394 g/mol. The monoisotopic (exact) mass is 417 g/mol. The summed E-state index contributed by atoms with van der Waals surface area (Å²) in [6.45, 7) is 6.20. The van der Waals surface area contributed by atoms with Gasteiger partial charge >= 0.3 is 11.7 Å². The van der Waals surface area contributed by atoms with Crippen LogP contribution in [0, 0.1) is 6.92 Å². The van der Waals surface area contributed by atoms with Crippen molar-refractivity contribution in [3.05, 3.63) is 88.0 Å². The van der Waals surface area contributed by atoms with Gasteiger partial charge in [-0.2, -0.15) is 0 Å². The average Bonchev–Trinajstić information content (AvgIpc) is 3.23. The Morgan fingerprint density at radius 1 is 1.06 bits per heavy atom. The van der Waals surface area contributed by atoms with Gasteiger partial charge in [0.2, 0.25) is 0 Å². The molecule has 0 aliphatic rings. The van der Waals surface area contributed by atoms with Crippen LogP contribution in [-0.4, -0.2) is 6.09 Å². The number of carbonyl (C=O) groups is 1. The summed E-state index contributed by atoms with van der Waals surface area (Å²) in [7, 11) is 0. The first-order chi connectivity index (χ1) is 14.9. The molecule has 0 fully saturated rings. The van der Waals surface area contributed by atoms with Gasteiger partial charge in [0.25, 0.3) is 0 Å². The molecule has 0 atom stereocenters. The number of benzene rings is 2. The molecule has 4 aromatic rings. The molecule has 31 heavy (non-hydrogen) atoms. The van der Waals surface area contributed by atoms with Gasteiger partial charge in [-0.25, -0.2) is 9.59 Å². The molecule has 6 nitrogen and oxygen atoms in total. The standard InChI is InChI=1S/C25H23NO5/c1-15(2)19-11-22(29-14-19)18-6-4-17(5-7-18)13-30-25(28)26-20-8-9-21-16(3)10-24(27)31-23(21)12-20/h4-12,14-15H,13H2,1-3H3,(H,26,28). The first-order valence-corrected chi connectivity index (χ1v) is 10.0. The zero-order valence-electron chi connectivity index (χ0n) is 17.6. The van der Waals surface area contributed by atoms with Crippen LogP contribution in [0.3, 0.4) is 0 Å². The maximum absolute atomic E-state index is 12.2. The quantitative estimate of drug-likeness (QED) is 0.389. The minimum Gasteiger partial charge on any atom is -0.464 e. The van der Waals surface area contributed by atoms with Crippen molar-refractivity contribution in [3.63, 3.8) is 0 Å². The summed E-state index contributed by atoms with van der Waals surface area (Å²) >= 11 is 0. The number of fused-ring (bicyclic) bond motifs is 1. The van der Waals surface area contributed by atoms with Gasteiger partial charge in [-0.05, 0) is 47.7 Å². The van der Waals surface area contributed by atoms with E-state index in [0.29, 0.717) is 17.2 Å². The second-order valence-electron chi connectivity index (χ2n) is 7.76. The highest BCUT2D eigenvalue weighted by atomic mass is 16.5. The third kappa shape index (κ3) is 4.69. The fraction of sp³-hybridized carbons (Fsp3) is 0.200. The lowest BCUT2D eigenvalue weighted by atomic mass is 10.1. The molecule has 0 saturated heterocycles. The van der Waals surface area contributed by atoms with E-state index in [1.807, 2.05) is 37.3 Å². The van der Waals surface area contributed by atoms with Crippen LogP contribution < -0.4 is 10.9 Å². The molecule has 0 saturated carbocycles. The molecule has 0 unspecified atom stereocenters. The van der Waals surface area contributed by atoms with E-state index >= 15 is 0 Å². The SMILES string of the molecule is Cc1cc(=O)oc2cc(NC(=O)OCc3ccc(-c4cc(C(C)C)co4)cc3)ccc12. The third-order valence-corrected chi connectivity index (χ3v) is 5.09. The number of furan rings is 1. The number of carbonyl (C=O) groups excluding carboxylic acids is 1. The number of nitrogens with one attached hydrogen (secondary N) is 1. The van der Waals surface area contributed by atoms with E-state index in [-0.39, 0.29) is 6.61 Å². The average molecular weight is 417 g/mol. The zero-order chi connectivity index (χ0) is 22.0. The van der Waals surface area contributed by atoms with E-state index in [1.165, 1.54) is 6.07 Å². The summed E-state index contributed by atoms with van der Waals surface area (Å²) in [6.07, 6.45) is 1.19. The van der Waals surface area contributed by atoms with Crippen molar-refractivity contribution in [2.45, 2.75) is 33.3 Å². The minimum atomic E-state index is -0.592. The van der Waals surface area contributed by atoms with E-state index < -0.39 is 11.7 Å². The van der Waals surface area contributed by atoms with Crippen molar-refractivity contribution in [1.82, 2.24) is 0 Å². The van der Waals surface area contributed by atoms with Crippen molar-refractivity contribution in [2.75, 3.05) is 5.32 Å². The summed E-state index contributed by atoms with van der Waals surface area (Å²) in [4.78, 5) is 23.7. The Kier molecular flexibility index (Phi) is 5.62. The maximum atomic E-state index is 12.2. The number of aryl methyl sites for hydroxylation is 1. The number of hydrogen-bond acceptors (Lipinski definition) is 5. The lowest BCUT2D eigenvalue weighted by Crippen LogP contribution is -2.13. The van der Waals surface area contributed by atoms with Gasteiger partial charge < -0.3 is 13.6 Å². The lowest BCUT2D eigenvalue weighted by Gasteiger charge is -2.08. The fourth-order valence-electron chi connectivity index (χ4n) is 3.28. The molecule has 1 N–H and O–H groups in total. The lowest BCUT2D eigenvalue weighted by molar-refractivity contribution is 0.155. The highest BCUT2D eigenvalue weighted by Gasteiger charge is 2.09. The van der Waals surface area contributed by atoms with Crippen LogP contribution in [0.2, 0.25) is 0 Å². The molecule has 4 rings (SSSR count). The van der Waals surface area contributed by atoms with E-state index in [9.17, 15) is 9.59 Å². The van der Waals surface area contributed by atoms with E-state index in [4.69, 9.17) is 13.6 Å². The van der Waals surface area contributed by atoms with E-state index in [0.717, 1.165) is 33.4 Å². The van der Waals surface area contributed by atoms with Crippen LogP contribution in [0.25, 0.3) is 22.3 Å². The van der Waals surface area contributed by atoms with Gasteiger partial charge in [-0.3, -0.25) is 5.32 Å². The van der Waals surface area contributed by atoms with Crippen LogP contribution in [0.15, 0.2) is 74.5 Å². The second-order valence-corrected chi connectivity index (χ2v) is 7.76. The van der Waals surface area contributed by atoms with E-state index in [2.05, 4.69) is 19.2 Å². The van der Waals surface area contributed by atoms with Crippen molar-refractivity contribution in [3.8, 4) is 11.3 Å². The molecule has 0 spiro atoms. The minimum absolute atomic E-state index is 0.128. The largest absolute Gasteiger partial charge is 0.464 e. The summed E-state index contributed by atoms with van der Waals surface area (Å²) in [5.41, 5.74) is 4.27. The summed E-state index contributed by atoms with van der Waals surface area (Å²) < 4.78 is 16.1. The maximum Gasteiger partial charge on any atom is 0.411 e. The van der Waals surface area contributed by atoms with Crippen LogP contribution in [-0.2, 0) is 11.3 Å². The van der Waals surface area contributed by atoms with Crippen LogP contribution in [0.5, 0.6) is 0 Å². The van der Waals surface area contributed by atoms with Crippen molar-refractivity contribution in [2.24, 2.45) is 0 Å². The Bertz CT molecular complexity index is 1280. The Morgan fingerprint density at radius 3 is 2.55 bits per heavy atom. The predicted molar refractivity (Wildman–Crippen MR) is 119 cm³/mol. The molecule has 2 heterocycles. The Hall–Kier alpha value is -3.80. The van der Waals surface area contributed by atoms with E-state index in [1.54, 1.807) is 24.5 Å². The molecule has 2 aromatic carbocycles. The molecule has 1 amide bonds. The molecule has 2 aromatic heterocycles. The number of hydrogen-bond donors (Lipinski definition) is 1. The van der Waals surface area contributed by atoms with Gasteiger partial charge in [0.05, 0.1) is 6.26 Å². The Morgan fingerprint density at radius 2 is 1.84 bits per heavy atom. The predicted octanol–water partition coefficient (Wildman–Crippen LogP) is 6.23. The molecule has 0 aliphatic carbocycles. The molecule has 0 radical (unpaired) electrons. The Balaban J connectivity index is 1.37. The van der Waals surface area contributed by atoms with Gasteiger partial charge in [-0.1, -0.05) is 38.1 Å². The zero-order valence-corrected chi connectivity index (χ0v) is 17.6. The molecule has 158 valence electrons. The van der Waals surface area contributed by atoms with Crippen LogP contribution in [0.4, 0.5) is 10.5 Å². The highest BCUT2D eigenvalue weighted by Crippen LogP contribution is 2.26. The van der Waals surface area contributed by atoms with Crippen molar-refractivity contribution in [1.29, 1.82) is 0 Å².